The summed E-state index contributed by atoms with van der Waals surface area (Å²) in [5.74, 6) is -2.94. The number of rotatable bonds is 7. The van der Waals surface area contributed by atoms with Crippen molar-refractivity contribution in [3.8, 4) is 0 Å². The lowest BCUT2D eigenvalue weighted by molar-refractivity contribution is 0.0115. The maximum Gasteiger partial charge on any atom is 0.276 e. The molecule has 0 spiro atoms. The summed E-state index contributed by atoms with van der Waals surface area (Å²) in [6.07, 6.45) is 9.87. The molecule has 9 nitrogen and oxygen atoms in total. The van der Waals surface area contributed by atoms with Crippen LogP contribution in [0.4, 0.5) is 14.5 Å². The highest BCUT2D eigenvalue weighted by molar-refractivity contribution is 6.03. The second-order valence-electron chi connectivity index (χ2n) is 10.4. The molecular formula is C28H31F2N7O2. The molecule has 5 heterocycles. The highest BCUT2D eigenvalue weighted by atomic mass is 19.3. The lowest BCUT2D eigenvalue weighted by Gasteiger charge is -2.26. The number of fused-ring (bicyclic) bond motifs is 1. The van der Waals surface area contributed by atoms with Crippen LogP contribution in [0.2, 0.25) is 0 Å². The fraction of sp³-hybridized carbons (Fsp3) is 0.429. The lowest BCUT2D eigenvalue weighted by Crippen LogP contribution is -2.35. The van der Waals surface area contributed by atoms with Crippen molar-refractivity contribution in [2.75, 3.05) is 44.7 Å². The number of nitrogens with zero attached hydrogens (tertiary/aromatic N) is 5. The van der Waals surface area contributed by atoms with Crippen molar-refractivity contribution in [2.45, 2.75) is 37.8 Å². The summed E-state index contributed by atoms with van der Waals surface area (Å²) in [7, 11) is 0. The summed E-state index contributed by atoms with van der Waals surface area (Å²) in [5, 5.41) is 11.7. The smallest absolute Gasteiger partial charge is 0.276 e. The molecule has 0 aromatic carbocycles. The van der Waals surface area contributed by atoms with Crippen molar-refractivity contribution in [3.63, 3.8) is 0 Å². The zero-order valence-electron chi connectivity index (χ0n) is 21.6. The molecule has 2 N–H and O–H groups in total. The molecule has 3 aromatic heterocycles. The van der Waals surface area contributed by atoms with Gasteiger partial charge in [-0.3, -0.25) is 29.7 Å². The summed E-state index contributed by atoms with van der Waals surface area (Å²) >= 11 is 0. The predicted octanol–water partition coefficient (Wildman–Crippen LogP) is 1.87. The van der Waals surface area contributed by atoms with Crippen LogP contribution >= 0.6 is 0 Å². The molecule has 3 aromatic rings. The topological polar surface area (TPSA) is 99.3 Å². The number of ether oxygens (including phenoxy) is 1. The van der Waals surface area contributed by atoms with E-state index in [1.54, 1.807) is 23.5 Å². The maximum atomic E-state index is 13.6. The molecular weight excluding hydrogens is 504 g/mol. The first-order valence-corrected chi connectivity index (χ1v) is 13.3. The highest BCUT2D eigenvalue weighted by Crippen LogP contribution is 2.29. The van der Waals surface area contributed by atoms with Crippen LogP contribution in [0.3, 0.4) is 0 Å². The molecule has 1 amide bonds. The van der Waals surface area contributed by atoms with E-state index in [-0.39, 0.29) is 24.8 Å². The number of amides is 1. The SMILES string of the molecule is O=C(Nc1ccc(CN2CCOCC2)nc1)c1n[nH]c2c1=CC(c1cncc(CN3CCC(F)(F)C3)c1)CC=2. The van der Waals surface area contributed by atoms with Gasteiger partial charge in [0.05, 0.1) is 42.7 Å². The number of likely N-dealkylation sites (tertiary alicyclic amines) is 1. The van der Waals surface area contributed by atoms with Gasteiger partial charge in [-0.2, -0.15) is 5.10 Å². The minimum absolute atomic E-state index is 0.00439. The third-order valence-corrected chi connectivity index (χ3v) is 7.46. The minimum atomic E-state index is -2.62. The lowest BCUT2D eigenvalue weighted by atomic mass is 9.92. The Morgan fingerprint density at radius 1 is 1.13 bits per heavy atom. The number of hydrogen-bond donors (Lipinski definition) is 2. The number of pyridine rings is 2. The quantitative estimate of drug-likeness (QED) is 0.477. The number of anilines is 1. The summed E-state index contributed by atoms with van der Waals surface area (Å²) in [5.41, 5.74) is 3.73. The fourth-order valence-electron chi connectivity index (χ4n) is 5.38. The van der Waals surface area contributed by atoms with Gasteiger partial charge in [-0.25, -0.2) is 8.78 Å². The van der Waals surface area contributed by atoms with E-state index < -0.39 is 5.92 Å². The number of carbonyl (C=O) groups excluding carboxylic acids is 1. The standard InChI is InChI=1S/C28H31F2N7O2/c29-28(30)5-6-37(18-28)16-19-11-21(14-31-13-19)20-1-4-25-24(12-20)26(35-34-25)27(38)33-22-2-3-23(32-15-22)17-36-7-9-39-10-8-36/h2-4,11-15,20,34H,1,5-10,16-18H2,(H,33,38). The molecule has 0 bridgehead atoms. The van der Waals surface area contributed by atoms with E-state index in [9.17, 15) is 13.6 Å². The maximum absolute atomic E-state index is 13.6. The van der Waals surface area contributed by atoms with Gasteiger partial charge in [-0.15, -0.1) is 0 Å². The van der Waals surface area contributed by atoms with Crippen LogP contribution < -0.4 is 15.9 Å². The van der Waals surface area contributed by atoms with Gasteiger partial charge < -0.3 is 10.1 Å². The van der Waals surface area contributed by atoms with Crippen molar-refractivity contribution in [3.05, 3.63) is 69.9 Å². The molecule has 0 radical (unpaired) electrons. The zero-order valence-corrected chi connectivity index (χ0v) is 21.6. The van der Waals surface area contributed by atoms with Crippen LogP contribution in [0.1, 0.15) is 46.1 Å². The normalized spacial score (nSPS) is 21.1. The summed E-state index contributed by atoms with van der Waals surface area (Å²) in [4.78, 5) is 26.1. The molecule has 204 valence electrons. The van der Waals surface area contributed by atoms with Gasteiger partial charge in [0.15, 0.2) is 5.69 Å². The molecule has 3 aliphatic rings. The number of halogens is 2. The molecule has 2 aliphatic heterocycles. The van der Waals surface area contributed by atoms with E-state index in [4.69, 9.17) is 4.74 Å². The third-order valence-electron chi connectivity index (χ3n) is 7.46. The van der Waals surface area contributed by atoms with E-state index in [1.165, 1.54) is 0 Å². The highest BCUT2D eigenvalue weighted by Gasteiger charge is 2.38. The fourth-order valence-corrected chi connectivity index (χ4v) is 5.38. The Morgan fingerprint density at radius 3 is 2.77 bits per heavy atom. The number of morpholine rings is 1. The third kappa shape index (κ3) is 6.05. The predicted molar refractivity (Wildman–Crippen MR) is 141 cm³/mol. The number of hydrogen-bond acceptors (Lipinski definition) is 7. The Kier molecular flexibility index (Phi) is 7.20. The molecule has 1 aliphatic carbocycles. The van der Waals surface area contributed by atoms with E-state index in [0.717, 1.165) is 66.7 Å². The molecule has 0 saturated carbocycles. The van der Waals surface area contributed by atoms with Crippen molar-refractivity contribution >= 4 is 23.7 Å². The van der Waals surface area contributed by atoms with Gasteiger partial charge >= 0.3 is 0 Å². The summed E-state index contributed by atoms with van der Waals surface area (Å²) in [6, 6.07) is 5.80. The van der Waals surface area contributed by atoms with Gasteiger partial charge in [0.25, 0.3) is 11.8 Å². The first kappa shape index (κ1) is 25.7. The van der Waals surface area contributed by atoms with Crippen molar-refractivity contribution < 1.29 is 18.3 Å². The number of H-pyrrole nitrogens is 1. The number of aromatic nitrogens is 4. The molecule has 2 fully saturated rings. The van der Waals surface area contributed by atoms with Crippen LogP contribution in [0.25, 0.3) is 12.2 Å². The first-order chi connectivity index (χ1) is 18.9. The van der Waals surface area contributed by atoms with Crippen LogP contribution in [0, 0.1) is 0 Å². The molecule has 6 rings (SSSR count). The van der Waals surface area contributed by atoms with Crippen LogP contribution in [0.15, 0.2) is 36.8 Å². The van der Waals surface area contributed by atoms with E-state index in [1.807, 2.05) is 30.4 Å². The van der Waals surface area contributed by atoms with Crippen LogP contribution in [-0.4, -0.2) is 81.2 Å². The Balaban J connectivity index is 1.14. The number of carbonyl (C=O) groups is 1. The molecule has 1 unspecified atom stereocenters. The number of alkyl halides is 2. The van der Waals surface area contributed by atoms with Crippen molar-refractivity contribution in [1.29, 1.82) is 0 Å². The monoisotopic (exact) mass is 535 g/mol. The summed E-state index contributed by atoms with van der Waals surface area (Å²) in [6.45, 7) is 4.59. The average Bonchev–Trinajstić information content (AvgIpc) is 3.52. The largest absolute Gasteiger partial charge is 0.379 e. The van der Waals surface area contributed by atoms with Crippen LogP contribution in [-0.2, 0) is 17.8 Å². The van der Waals surface area contributed by atoms with E-state index in [2.05, 4.69) is 30.4 Å². The van der Waals surface area contributed by atoms with Crippen molar-refractivity contribution in [1.82, 2.24) is 30.0 Å². The van der Waals surface area contributed by atoms with Crippen LogP contribution in [0.5, 0.6) is 0 Å². The second-order valence-corrected chi connectivity index (χ2v) is 10.4. The molecule has 11 heteroatoms. The van der Waals surface area contributed by atoms with Gasteiger partial charge in [0.2, 0.25) is 0 Å². The first-order valence-electron chi connectivity index (χ1n) is 13.3. The molecule has 1 atom stereocenters. The van der Waals surface area contributed by atoms with Gasteiger partial charge in [0, 0.05) is 62.7 Å². The average molecular weight is 536 g/mol. The Morgan fingerprint density at radius 2 is 2.00 bits per heavy atom. The number of nitrogens with one attached hydrogen (secondary N) is 2. The zero-order chi connectivity index (χ0) is 26.8. The van der Waals surface area contributed by atoms with Gasteiger partial charge in [0.1, 0.15) is 0 Å². The Hall–Kier alpha value is -3.54. The molecule has 2 saturated heterocycles. The summed E-state index contributed by atoms with van der Waals surface area (Å²) < 4.78 is 32.6. The van der Waals surface area contributed by atoms with E-state index in [0.29, 0.717) is 24.5 Å². The Bertz CT molecular complexity index is 1450. The van der Waals surface area contributed by atoms with Gasteiger partial charge in [-0.05, 0) is 29.7 Å². The molecule has 39 heavy (non-hydrogen) atoms. The van der Waals surface area contributed by atoms with Crippen molar-refractivity contribution in [2.24, 2.45) is 0 Å². The van der Waals surface area contributed by atoms with E-state index >= 15 is 0 Å². The number of aromatic amines is 1. The minimum Gasteiger partial charge on any atom is -0.379 e. The second kappa shape index (κ2) is 10.9. The van der Waals surface area contributed by atoms with Gasteiger partial charge in [-0.1, -0.05) is 18.2 Å². The Labute approximate surface area is 224 Å².